The average molecular weight is 325 g/mol. The third-order valence-electron chi connectivity index (χ3n) is 1.84. The fourth-order valence-corrected chi connectivity index (χ4v) is 3.41. The number of thiophene rings is 1. The van der Waals surface area contributed by atoms with Crippen LogP contribution in [0.1, 0.15) is 5.56 Å². The third-order valence-corrected chi connectivity index (χ3v) is 4.44. The quantitative estimate of drug-likeness (QED) is 0.794. The summed E-state index contributed by atoms with van der Waals surface area (Å²) < 4.78 is 2.33. The summed E-state index contributed by atoms with van der Waals surface area (Å²) >= 11 is 9.84. The van der Waals surface area contributed by atoms with E-state index in [9.17, 15) is 0 Å². The average Bonchev–Trinajstić information content (AvgIpc) is 2.47. The number of hydrogen-bond donors (Lipinski definition) is 1. The maximum absolute atomic E-state index is 9.11. The summed E-state index contributed by atoms with van der Waals surface area (Å²) in [5.74, 6) is 0. The standard InChI is InChI=1S/C9H6ClIOS/c10-6-1-5(3-12)9-7(2-6)8(11)4-13-9/h1-2,4,12H,3H2. The second-order valence-corrected chi connectivity index (χ2v) is 5.16. The van der Waals surface area contributed by atoms with Crippen molar-refractivity contribution in [2.45, 2.75) is 6.61 Å². The number of benzene rings is 1. The summed E-state index contributed by atoms with van der Waals surface area (Å²) in [6, 6.07) is 3.75. The van der Waals surface area contributed by atoms with Crippen molar-refractivity contribution in [1.29, 1.82) is 0 Å². The number of hydrogen-bond acceptors (Lipinski definition) is 2. The smallest absolute Gasteiger partial charge is 0.0696 e. The van der Waals surface area contributed by atoms with E-state index in [0.717, 1.165) is 15.6 Å². The Kier molecular flexibility index (Phi) is 2.78. The van der Waals surface area contributed by atoms with Crippen molar-refractivity contribution in [3.05, 3.63) is 31.7 Å². The van der Waals surface area contributed by atoms with Gasteiger partial charge in [-0.1, -0.05) is 11.6 Å². The van der Waals surface area contributed by atoms with Gasteiger partial charge in [0.2, 0.25) is 0 Å². The van der Waals surface area contributed by atoms with E-state index in [0.29, 0.717) is 5.02 Å². The number of rotatable bonds is 1. The molecule has 1 aromatic carbocycles. The zero-order valence-corrected chi connectivity index (χ0v) is 10.3. The molecule has 1 heterocycles. The summed E-state index contributed by atoms with van der Waals surface area (Å²) in [6.07, 6.45) is 0. The van der Waals surface area contributed by atoms with Crippen LogP contribution in [0, 0.1) is 3.57 Å². The Balaban J connectivity index is 2.84. The topological polar surface area (TPSA) is 20.2 Å². The summed E-state index contributed by atoms with van der Waals surface area (Å²) in [4.78, 5) is 0. The molecule has 4 heteroatoms. The first kappa shape index (κ1) is 9.71. The minimum Gasteiger partial charge on any atom is -0.392 e. The normalized spacial score (nSPS) is 11.0. The lowest BCUT2D eigenvalue weighted by Gasteiger charge is -1.99. The van der Waals surface area contributed by atoms with Crippen LogP contribution in [0.3, 0.4) is 0 Å². The van der Waals surface area contributed by atoms with Crippen LogP contribution in [0.25, 0.3) is 10.1 Å². The largest absolute Gasteiger partial charge is 0.392 e. The number of halogens is 2. The van der Waals surface area contributed by atoms with E-state index in [4.69, 9.17) is 16.7 Å². The Hall–Kier alpha value is 0.160. The van der Waals surface area contributed by atoms with Gasteiger partial charge in [-0.05, 0) is 40.3 Å². The molecular formula is C9H6ClIOS. The molecule has 0 bridgehead atoms. The molecule has 0 unspecified atom stereocenters. The molecule has 0 saturated heterocycles. The lowest BCUT2D eigenvalue weighted by atomic mass is 10.2. The molecule has 1 aromatic heterocycles. The number of aliphatic hydroxyl groups excluding tert-OH is 1. The van der Waals surface area contributed by atoms with Gasteiger partial charge in [-0.25, -0.2) is 0 Å². The second kappa shape index (κ2) is 3.73. The molecule has 2 aromatic rings. The molecule has 0 spiro atoms. The van der Waals surface area contributed by atoms with Crippen LogP contribution in [0.4, 0.5) is 0 Å². The molecule has 0 saturated carbocycles. The van der Waals surface area contributed by atoms with Crippen LogP contribution in [-0.2, 0) is 6.61 Å². The van der Waals surface area contributed by atoms with Gasteiger partial charge in [-0.15, -0.1) is 11.3 Å². The first-order chi connectivity index (χ1) is 6.22. The van der Waals surface area contributed by atoms with Gasteiger partial charge in [0.25, 0.3) is 0 Å². The minimum absolute atomic E-state index is 0.0493. The third kappa shape index (κ3) is 1.70. The molecule has 0 atom stereocenters. The fourth-order valence-electron chi connectivity index (χ4n) is 1.26. The highest BCUT2D eigenvalue weighted by Crippen LogP contribution is 2.32. The van der Waals surface area contributed by atoms with Crippen molar-refractivity contribution in [2.75, 3.05) is 0 Å². The van der Waals surface area contributed by atoms with E-state index in [-0.39, 0.29) is 6.61 Å². The van der Waals surface area contributed by atoms with Gasteiger partial charge in [0, 0.05) is 24.1 Å². The molecule has 0 aliphatic heterocycles. The van der Waals surface area contributed by atoms with Crippen LogP contribution < -0.4 is 0 Å². The molecule has 0 aliphatic carbocycles. The fraction of sp³-hybridized carbons (Fsp3) is 0.111. The number of fused-ring (bicyclic) bond motifs is 1. The summed E-state index contributed by atoms with van der Waals surface area (Å²) in [5, 5.41) is 13.0. The SMILES string of the molecule is OCc1cc(Cl)cc2c(I)csc12. The molecular weight excluding hydrogens is 319 g/mol. The van der Waals surface area contributed by atoms with Gasteiger partial charge in [-0.2, -0.15) is 0 Å². The zero-order chi connectivity index (χ0) is 9.42. The van der Waals surface area contributed by atoms with Gasteiger partial charge in [-0.3, -0.25) is 0 Å². The monoisotopic (exact) mass is 324 g/mol. The highest BCUT2D eigenvalue weighted by atomic mass is 127. The van der Waals surface area contributed by atoms with E-state index in [1.54, 1.807) is 11.3 Å². The van der Waals surface area contributed by atoms with E-state index in [1.165, 1.54) is 3.57 Å². The number of aliphatic hydroxyl groups is 1. The summed E-state index contributed by atoms with van der Waals surface area (Å²) in [6.45, 7) is 0.0493. The van der Waals surface area contributed by atoms with Crippen molar-refractivity contribution < 1.29 is 5.11 Å². The van der Waals surface area contributed by atoms with Crippen LogP contribution in [0.2, 0.25) is 5.02 Å². The first-order valence-corrected chi connectivity index (χ1v) is 6.02. The Morgan fingerprint density at radius 1 is 1.46 bits per heavy atom. The summed E-state index contributed by atoms with van der Waals surface area (Å²) in [5.41, 5.74) is 0.912. The van der Waals surface area contributed by atoms with Gasteiger partial charge in [0.15, 0.2) is 0 Å². The maximum atomic E-state index is 9.11. The molecule has 0 radical (unpaired) electrons. The molecule has 13 heavy (non-hydrogen) atoms. The minimum atomic E-state index is 0.0493. The van der Waals surface area contributed by atoms with Gasteiger partial charge >= 0.3 is 0 Å². The highest BCUT2D eigenvalue weighted by Gasteiger charge is 2.07. The predicted molar refractivity (Wildman–Crippen MR) is 65.5 cm³/mol. The lowest BCUT2D eigenvalue weighted by Crippen LogP contribution is -1.83. The van der Waals surface area contributed by atoms with Crippen LogP contribution in [0.5, 0.6) is 0 Å². The van der Waals surface area contributed by atoms with E-state index in [2.05, 4.69) is 28.0 Å². The summed E-state index contributed by atoms with van der Waals surface area (Å²) in [7, 11) is 0. The van der Waals surface area contributed by atoms with Crippen LogP contribution in [-0.4, -0.2) is 5.11 Å². The van der Waals surface area contributed by atoms with Gasteiger partial charge < -0.3 is 5.11 Å². The lowest BCUT2D eigenvalue weighted by molar-refractivity contribution is 0.283. The van der Waals surface area contributed by atoms with Crippen molar-refractivity contribution >= 4 is 55.6 Å². The van der Waals surface area contributed by atoms with Gasteiger partial charge in [0.1, 0.15) is 0 Å². The first-order valence-electron chi connectivity index (χ1n) is 3.68. The molecule has 0 aliphatic rings. The Morgan fingerprint density at radius 2 is 2.23 bits per heavy atom. The molecule has 1 nitrogen and oxygen atoms in total. The predicted octanol–water partition coefficient (Wildman–Crippen LogP) is 3.65. The van der Waals surface area contributed by atoms with Crippen LogP contribution in [0.15, 0.2) is 17.5 Å². The van der Waals surface area contributed by atoms with E-state index < -0.39 is 0 Å². The molecule has 2 rings (SSSR count). The zero-order valence-electron chi connectivity index (χ0n) is 6.55. The second-order valence-electron chi connectivity index (χ2n) is 2.68. The maximum Gasteiger partial charge on any atom is 0.0696 e. The highest BCUT2D eigenvalue weighted by molar-refractivity contribution is 14.1. The van der Waals surface area contributed by atoms with E-state index >= 15 is 0 Å². The Bertz CT molecular complexity index is 452. The molecule has 68 valence electrons. The van der Waals surface area contributed by atoms with Crippen molar-refractivity contribution in [3.63, 3.8) is 0 Å². The van der Waals surface area contributed by atoms with Crippen molar-refractivity contribution in [1.82, 2.24) is 0 Å². The van der Waals surface area contributed by atoms with Crippen molar-refractivity contribution in [3.8, 4) is 0 Å². The Labute approximate surface area is 98.5 Å². The van der Waals surface area contributed by atoms with Crippen molar-refractivity contribution in [2.24, 2.45) is 0 Å². The van der Waals surface area contributed by atoms with E-state index in [1.807, 2.05) is 12.1 Å². The van der Waals surface area contributed by atoms with Crippen LogP contribution >= 0.6 is 45.5 Å². The molecule has 0 fully saturated rings. The molecule has 1 N–H and O–H groups in total. The van der Waals surface area contributed by atoms with Gasteiger partial charge in [0.05, 0.1) is 6.61 Å². The Morgan fingerprint density at radius 3 is 2.92 bits per heavy atom. The molecule has 0 amide bonds.